The topological polar surface area (TPSA) is 55.1 Å². The van der Waals surface area contributed by atoms with E-state index in [1.54, 1.807) is 7.05 Å². The van der Waals surface area contributed by atoms with Gasteiger partial charge in [0.05, 0.1) is 5.41 Å². The fourth-order valence-corrected chi connectivity index (χ4v) is 0.529. The lowest BCUT2D eigenvalue weighted by molar-refractivity contribution is -0.125. The molecule has 0 aliphatic heterocycles. The Kier molecular flexibility index (Phi) is 2.65. The number of nitrogens with two attached hydrogens (primary N) is 1. The van der Waals surface area contributed by atoms with E-state index in [0.29, 0.717) is 6.54 Å². The molecule has 0 aliphatic carbocycles. The van der Waals surface area contributed by atoms with E-state index in [1.165, 1.54) is 0 Å². The molecule has 0 radical (unpaired) electrons. The minimum atomic E-state index is -0.422. The van der Waals surface area contributed by atoms with E-state index < -0.39 is 5.41 Å². The summed E-state index contributed by atoms with van der Waals surface area (Å²) < 4.78 is 0. The molecule has 0 bridgehead atoms. The maximum atomic E-state index is 10.6. The van der Waals surface area contributed by atoms with E-state index in [4.69, 9.17) is 5.73 Å². The second-order valence-electron chi connectivity index (χ2n) is 2.78. The number of rotatable bonds is 3. The lowest BCUT2D eigenvalue weighted by Crippen LogP contribution is -2.39. The molecule has 0 fully saturated rings. The van der Waals surface area contributed by atoms with Gasteiger partial charge in [-0.25, -0.2) is 0 Å². The zero-order valence-corrected chi connectivity index (χ0v) is 6.19. The molecule has 1 amide bonds. The van der Waals surface area contributed by atoms with Crippen molar-refractivity contribution < 1.29 is 4.79 Å². The Morgan fingerprint density at radius 1 is 1.67 bits per heavy atom. The van der Waals surface area contributed by atoms with Gasteiger partial charge in [-0.1, -0.05) is 0 Å². The van der Waals surface area contributed by atoms with Gasteiger partial charge in [-0.05, 0) is 20.9 Å². The molecule has 0 atom stereocenters. The average Bonchev–Trinajstić information content (AvgIpc) is 1.65. The Hall–Kier alpha value is -0.570. The molecule has 0 aromatic heterocycles. The second-order valence-corrected chi connectivity index (χ2v) is 2.78. The van der Waals surface area contributed by atoms with Crippen LogP contribution in [0, 0.1) is 5.41 Å². The van der Waals surface area contributed by atoms with E-state index >= 15 is 0 Å². The standard InChI is InChI=1S/C6H14N2O/c1-6(2,4-8-3)5(7)9/h8H,4H2,1-3H3,(H2,7,9). The maximum absolute atomic E-state index is 10.6. The van der Waals surface area contributed by atoms with Crippen molar-refractivity contribution in [1.29, 1.82) is 0 Å². The third-order valence-electron chi connectivity index (χ3n) is 1.29. The van der Waals surface area contributed by atoms with Gasteiger partial charge in [0, 0.05) is 6.54 Å². The first kappa shape index (κ1) is 8.43. The van der Waals surface area contributed by atoms with Crippen LogP contribution in [-0.2, 0) is 4.79 Å². The summed E-state index contributed by atoms with van der Waals surface area (Å²) >= 11 is 0. The fraction of sp³-hybridized carbons (Fsp3) is 0.833. The number of hydrogen-bond acceptors (Lipinski definition) is 2. The molecule has 0 heterocycles. The summed E-state index contributed by atoms with van der Waals surface area (Å²) in [5, 5.41) is 2.89. The molecular weight excluding hydrogens is 116 g/mol. The largest absolute Gasteiger partial charge is 0.369 e. The third kappa shape index (κ3) is 2.46. The summed E-state index contributed by atoms with van der Waals surface area (Å²) in [4.78, 5) is 10.6. The van der Waals surface area contributed by atoms with Gasteiger partial charge < -0.3 is 11.1 Å². The van der Waals surface area contributed by atoms with Crippen LogP contribution in [0.5, 0.6) is 0 Å². The number of carbonyl (C=O) groups is 1. The summed E-state index contributed by atoms with van der Waals surface area (Å²) in [5.74, 6) is -0.267. The fourth-order valence-electron chi connectivity index (χ4n) is 0.529. The molecule has 3 heteroatoms. The smallest absolute Gasteiger partial charge is 0.224 e. The Balaban J connectivity index is 3.85. The van der Waals surface area contributed by atoms with Crippen LogP contribution in [0.3, 0.4) is 0 Å². The van der Waals surface area contributed by atoms with Crippen LogP contribution >= 0.6 is 0 Å². The highest BCUT2D eigenvalue weighted by atomic mass is 16.1. The molecule has 3 nitrogen and oxygen atoms in total. The van der Waals surface area contributed by atoms with Gasteiger partial charge in [0.1, 0.15) is 0 Å². The predicted molar refractivity (Wildman–Crippen MR) is 36.9 cm³/mol. The summed E-state index contributed by atoms with van der Waals surface area (Å²) in [6.07, 6.45) is 0. The molecule has 0 aromatic rings. The molecule has 9 heavy (non-hydrogen) atoms. The molecule has 3 N–H and O–H groups in total. The first-order valence-electron chi connectivity index (χ1n) is 2.95. The lowest BCUT2D eigenvalue weighted by Gasteiger charge is -2.18. The number of nitrogens with one attached hydrogen (secondary N) is 1. The van der Waals surface area contributed by atoms with Gasteiger partial charge >= 0.3 is 0 Å². The summed E-state index contributed by atoms with van der Waals surface area (Å²) in [6.45, 7) is 4.25. The van der Waals surface area contributed by atoms with Gasteiger partial charge in [0.15, 0.2) is 0 Å². The Morgan fingerprint density at radius 2 is 2.11 bits per heavy atom. The van der Waals surface area contributed by atoms with Gasteiger partial charge in [-0.2, -0.15) is 0 Å². The minimum Gasteiger partial charge on any atom is -0.369 e. The Bertz CT molecular complexity index is 110. The zero-order chi connectivity index (χ0) is 7.49. The van der Waals surface area contributed by atoms with Crippen molar-refractivity contribution >= 4 is 5.91 Å². The molecule has 0 aliphatic rings. The van der Waals surface area contributed by atoms with Crippen molar-refractivity contribution in [2.24, 2.45) is 11.1 Å². The summed E-state index contributed by atoms with van der Waals surface area (Å²) in [7, 11) is 1.80. The van der Waals surface area contributed by atoms with Crippen molar-refractivity contribution in [1.82, 2.24) is 5.32 Å². The van der Waals surface area contributed by atoms with Crippen LogP contribution in [0.1, 0.15) is 13.8 Å². The summed E-state index contributed by atoms with van der Waals surface area (Å²) in [6, 6.07) is 0. The van der Waals surface area contributed by atoms with E-state index in [0.717, 1.165) is 0 Å². The highest BCUT2D eigenvalue weighted by molar-refractivity contribution is 5.80. The molecule has 0 saturated heterocycles. The number of hydrogen-bond donors (Lipinski definition) is 2. The molecule has 0 aromatic carbocycles. The van der Waals surface area contributed by atoms with Crippen LogP contribution < -0.4 is 11.1 Å². The first-order chi connectivity index (χ1) is 4.00. The molecule has 0 spiro atoms. The van der Waals surface area contributed by atoms with Crippen molar-refractivity contribution in [2.75, 3.05) is 13.6 Å². The predicted octanol–water partition coefficient (Wildman–Crippen LogP) is -0.283. The van der Waals surface area contributed by atoms with E-state index in [9.17, 15) is 4.79 Å². The Morgan fingerprint density at radius 3 is 2.22 bits per heavy atom. The van der Waals surface area contributed by atoms with Crippen LogP contribution in [0.15, 0.2) is 0 Å². The maximum Gasteiger partial charge on any atom is 0.224 e. The molecule has 0 rings (SSSR count). The van der Waals surface area contributed by atoms with Crippen LogP contribution in [-0.4, -0.2) is 19.5 Å². The van der Waals surface area contributed by atoms with Gasteiger partial charge in [-0.3, -0.25) is 4.79 Å². The average molecular weight is 130 g/mol. The van der Waals surface area contributed by atoms with Crippen LogP contribution in [0.25, 0.3) is 0 Å². The highest BCUT2D eigenvalue weighted by Gasteiger charge is 2.22. The lowest BCUT2D eigenvalue weighted by atomic mass is 9.93. The molecule has 0 saturated carbocycles. The quantitative estimate of drug-likeness (QED) is 0.552. The monoisotopic (exact) mass is 130 g/mol. The van der Waals surface area contributed by atoms with E-state index in [2.05, 4.69) is 5.32 Å². The van der Waals surface area contributed by atoms with Crippen LogP contribution in [0.2, 0.25) is 0 Å². The third-order valence-corrected chi connectivity index (χ3v) is 1.29. The van der Waals surface area contributed by atoms with Crippen molar-refractivity contribution in [3.8, 4) is 0 Å². The molecule has 0 unspecified atom stereocenters. The van der Waals surface area contributed by atoms with Gasteiger partial charge in [0.2, 0.25) is 5.91 Å². The SMILES string of the molecule is CNCC(C)(C)C(N)=O. The summed E-state index contributed by atoms with van der Waals surface area (Å²) in [5.41, 5.74) is 4.66. The highest BCUT2D eigenvalue weighted by Crippen LogP contribution is 2.10. The molecular formula is C6H14N2O. The molecule has 54 valence electrons. The Labute approximate surface area is 55.6 Å². The van der Waals surface area contributed by atoms with Crippen molar-refractivity contribution in [3.63, 3.8) is 0 Å². The van der Waals surface area contributed by atoms with E-state index in [-0.39, 0.29) is 5.91 Å². The number of carbonyl (C=O) groups excluding carboxylic acids is 1. The van der Waals surface area contributed by atoms with Gasteiger partial charge in [0.25, 0.3) is 0 Å². The van der Waals surface area contributed by atoms with Crippen molar-refractivity contribution in [2.45, 2.75) is 13.8 Å². The first-order valence-corrected chi connectivity index (χ1v) is 2.95. The second kappa shape index (κ2) is 2.82. The zero-order valence-electron chi connectivity index (χ0n) is 6.19. The van der Waals surface area contributed by atoms with Crippen LogP contribution in [0.4, 0.5) is 0 Å². The number of amides is 1. The minimum absolute atomic E-state index is 0.267. The van der Waals surface area contributed by atoms with E-state index in [1.807, 2.05) is 13.8 Å². The van der Waals surface area contributed by atoms with Gasteiger partial charge in [-0.15, -0.1) is 0 Å². The normalized spacial score (nSPS) is 11.4. The number of primary amides is 1. The van der Waals surface area contributed by atoms with Crippen molar-refractivity contribution in [3.05, 3.63) is 0 Å².